The Labute approximate surface area is 122 Å². The lowest BCUT2D eigenvalue weighted by molar-refractivity contribution is 0.401. The highest BCUT2D eigenvalue weighted by Crippen LogP contribution is 2.53. The molecule has 0 spiro atoms. The Morgan fingerprint density at radius 2 is 1.11 bits per heavy atom. The van der Waals surface area contributed by atoms with Gasteiger partial charge in [-0.2, -0.15) is 0 Å². The molecule has 0 N–H and O–H groups in total. The Morgan fingerprint density at radius 3 is 1.42 bits per heavy atom. The second-order valence-corrected chi connectivity index (χ2v) is 8.30. The Hall–Kier alpha value is 0.0649. The minimum absolute atomic E-state index is 0.532. The second-order valence-electron chi connectivity index (χ2n) is 8.30. The van der Waals surface area contributed by atoms with Crippen molar-refractivity contribution >= 4 is 6.71 Å². The molecule has 110 valence electrons. The van der Waals surface area contributed by atoms with Crippen LogP contribution in [0.4, 0.5) is 0 Å². The van der Waals surface area contributed by atoms with Crippen LogP contribution in [0.2, 0.25) is 16.9 Å². The van der Waals surface area contributed by atoms with Crippen LogP contribution in [-0.2, 0) is 0 Å². The van der Waals surface area contributed by atoms with Gasteiger partial charge < -0.3 is 0 Å². The molecule has 0 amide bonds. The first kappa shape index (κ1) is 15.5. The first-order valence-electron chi connectivity index (χ1n) is 9.03. The molecule has 0 aromatic rings. The maximum Gasteiger partial charge on any atom is 0.152 e. The molecule has 0 atom stereocenters. The zero-order valence-electron chi connectivity index (χ0n) is 13.9. The van der Waals surface area contributed by atoms with E-state index in [1.54, 1.807) is 0 Å². The van der Waals surface area contributed by atoms with E-state index in [0.29, 0.717) is 5.31 Å². The minimum atomic E-state index is 0.532. The van der Waals surface area contributed by atoms with Gasteiger partial charge in [0.15, 0.2) is 6.71 Å². The fourth-order valence-electron chi connectivity index (χ4n) is 4.97. The van der Waals surface area contributed by atoms with Crippen LogP contribution in [0.15, 0.2) is 0 Å². The second kappa shape index (κ2) is 6.68. The van der Waals surface area contributed by atoms with Gasteiger partial charge in [0.2, 0.25) is 0 Å². The first-order chi connectivity index (χ1) is 9.03. The molecule has 0 aromatic heterocycles. The molecule has 2 aliphatic carbocycles. The van der Waals surface area contributed by atoms with E-state index in [0.717, 1.165) is 24.3 Å². The van der Waals surface area contributed by atoms with Gasteiger partial charge in [-0.1, -0.05) is 109 Å². The molecule has 0 radical (unpaired) electrons. The van der Waals surface area contributed by atoms with E-state index >= 15 is 0 Å². The fourth-order valence-corrected chi connectivity index (χ4v) is 4.97. The van der Waals surface area contributed by atoms with Gasteiger partial charge in [0.25, 0.3) is 0 Å². The molecule has 0 aliphatic heterocycles. The van der Waals surface area contributed by atoms with Crippen molar-refractivity contribution in [1.29, 1.82) is 0 Å². The average Bonchev–Trinajstić information content (AvgIpc) is 2.41. The van der Waals surface area contributed by atoms with E-state index in [2.05, 4.69) is 27.7 Å². The molecule has 19 heavy (non-hydrogen) atoms. The third kappa shape index (κ3) is 3.58. The SMILES string of the molecule is CC(C)C(C)(C)B(C1CCCCC1)C1CCCCC1. The molecular weight excluding hydrogens is 227 g/mol. The van der Waals surface area contributed by atoms with Crippen LogP contribution < -0.4 is 0 Å². The van der Waals surface area contributed by atoms with Crippen LogP contribution in [0.3, 0.4) is 0 Å². The lowest BCUT2D eigenvalue weighted by Crippen LogP contribution is -2.41. The molecule has 2 rings (SSSR count). The highest BCUT2D eigenvalue weighted by Gasteiger charge is 2.45. The number of rotatable bonds is 4. The summed E-state index contributed by atoms with van der Waals surface area (Å²) in [5.74, 6) is 2.89. The predicted molar refractivity (Wildman–Crippen MR) is 88.3 cm³/mol. The topological polar surface area (TPSA) is 0 Å². The summed E-state index contributed by atoms with van der Waals surface area (Å²) in [6.45, 7) is 11.1. The van der Waals surface area contributed by atoms with Gasteiger partial charge >= 0.3 is 0 Å². The summed E-state index contributed by atoms with van der Waals surface area (Å²) in [6.07, 6.45) is 15.1. The van der Waals surface area contributed by atoms with Crippen LogP contribution in [0, 0.1) is 5.92 Å². The van der Waals surface area contributed by atoms with Gasteiger partial charge in [0.05, 0.1) is 0 Å². The molecule has 0 aromatic carbocycles. The Balaban J connectivity index is 2.15. The molecule has 2 fully saturated rings. The van der Waals surface area contributed by atoms with E-state index in [1.807, 2.05) is 0 Å². The van der Waals surface area contributed by atoms with Crippen LogP contribution in [-0.4, -0.2) is 6.71 Å². The molecule has 0 bridgehead atoms. The molecule has 2 saturated carbocycles. The summed E-state index contributed by atoms with van der Waals surface area (Å²) in [5.41, 5.74) is 0. The molecular formula is C18H35B. The molecule has 0 unspecified atom stereocenters. The summed E-state index contributed by atoms with van der Waals surface area (Å²) >= 11 is 0. The molecule has 1 heteroatoms. The quantitative estimate of drug-likeness (QED) is 0.501. The van der Waals surface area contributed by atoms with E-state index in [1.165, 1.54) is 64.2 Å². The Morgan fingerprint density at radius 1 is 0.737 bits per heavy atom. The van der Waals surface area contributed by atoms with E-state index in [9.17, 15) is 0 Å². The van der Waals surface area contributed by atoms with Gasteiger partial charge in [-0.15, -0.1) is 0 Å². The van der Waals surface area contributed by atoms with Crippen LogP contribution in [0.5, 0.6) is 0 Å². The van der Waals surface area contributed by atoms with Crippen LogP contribution >= 0.6 is 0 Å². The van der Waals surface area contributed by atoms with Crippen molar-refractivity contribution in [2.75, 3.05) is 0 Å². The highest BCUT2D eigenvalue weighted by atomic mass is 14.3. The maximum absolute atomic E-state index is 2.57. The highest BCUT2D eigenvalue weighted by molar-refractivity contribution is 6.65. The third-order valence-corrected chi connectivity index (χ3v) is 6.66. The van der Waals surface area contributed by atoms with Gasteiger partial charge in [-0.05, 0) is 5.92 Å². The molecule has 0 saturated heterocycles. The molecule has 0 heterocycles. The Kier molecular flexibility index (Phi) is 5.43. The maximum atomic E-state index is 2.57. The minimum Gasteiger partial charge on any atom is -0.0662 e. The normalized spacial score (nSPS) is 23.8. The Bertz CT molecular complexity index is 239. The van der Waals surface area contributed by atoms with Crippen molar-refractivity contribution < 1.29 is 0 Å². The van der Waals surface area contributed by atoms with Gasteiger partial charge in [0, 0.05) is 0 Å². The zero-order valence-corrected chi connectivity index (χ0v) is 13.9. The van der Waals surface area contributed by atoms with Gasteiger partial charge in [0.1, 0.15) is 0 Å². The summed E-state index contributed by atoms with van der Waals surface area (Å²) in [4.78, 5) is 0. The van der Waals surface area contributed by atoms with Gasteiger partial charge in [-0.3, -0.25) is 0 Å². The third-order valence-electron chi connectivity index (χ3n) is 6.66. The van der Waals surface area contributed by atoms with E-state index < -0.39 is 0 Å². The lowest BCUT2D eigenvalue weighted by atomic mass is 9.19. The van der Waals surface area contributed by atoms with Crippen molar-refractivity contribution in [2.45, 2.75) is 109 Å². The van der Waals surface area contributed by atoms with Crippen molar-refractivity contribution in [3.63, 3.8) is 0 Å². The van der Waals surface area contributed by atoms with Crippen LogP contribution in [0.25, 0.3) is 0 Å². The van der Waals surface area contributed by atoms with Crippen molar-refractivity contribution in [3.05, 3.63) is 0 Å². The average molecular weight is 262 g/mol. The van der Waals surface area contributed by atoms with E-state index in [-0.39, 0.29) is 0 Å². The van der Waals surface area contributed by atoms with Crippen molar-refractivity contribution in [2.24, 2.45) is 5.92 Å². The largest absolute Gasteiger partial charge is 0.152 e. The van der Waals surface area contributed by atoms with Gasteiger partial charge in [-0.25, -0.2) is 0 Å². The first-order valence-corrected chi connectivity index (χ1v) is 9.03. The molecule has 0 nitrogen and oxygen atoms in total. The monoisotopic (exact) mass is 262 g/mol. The summed E-state index contributed by atoms with van der Waals surface area (Å²) < 4.78 is 0. The lowest BCUT2D eigenvalue weighted by Gasteiger charge is -2.46. The van der Waals surface area contributed by atoms with Crippen molar-refractivity contribution in [1.82, 2.24) is 0 Å². The number of hydrogen-bond acceptors (Lipinski definition) is 0. The number of hydrogen-bond donors (Lipinski definition) is 0. The van der Waals surface area contributed by atoms with E-state index in [4.69, 9.17) is 0 Å². The van der Waals surface area contributed by atoms with Crippen molar-refractivity contribution in [3.8, 4) is 0 Å². The summed E-state index contributed by atoms with van der Waals surface area (Å²) in [6, 6.07) is 0. The fraction of sp³-hybridized carbons (Fsp3) is 1.00. The van der Waals surface area contributed by atoms with Crippen LogP contribution in [0.1, 0.15) is 91.9 Å². The summed E-state index contributed by atoms with van der Waals surface area (Å²) in [7, 11) is 0. The molecule has 2 aliphatic rings. The standard InChI is InChI=1S/C18H35B/c1-15(2)18(3,4)19(16-11-7-5-8-12-16)17-13-9-6-10-14-17/h15-17H,5-14H2,1-4H3. The zero-order chi connectivity index (χ0) is 13.9. The smallest absolute Gasteiger partial charge is 0.0662 e. The summed E-state index contributed by atoms with van der Waals surface area (Å²) in [5, 5.41) is 0.532. The predicted octanol–water partition coefficient (Wildman–Crippen LogP) is 6.59.